The zero-order valence-electron chi connectivity index (χ0n) is 22.0. The van der Waals surface area contributed by atoms with Crippen LogP contribution in [-0.4, -0.2) is 72.5 Å². The number of piperazine rings is 1. The summed E-state index contributed by atoms with van der Waals surface area (Å²) >= 11 is 0. The Hall–Kier alpha value is -4.24. The van der Waals surface area contributed by atoms with E-state index in [2.05, 4.69) is 26.5 Å². The van der Waals surface area contributed by atoms with Crippen molar-refractivity contribution >= 4 is 28.9 Å². The van der Waals surface area contributed by atoms with Crippen LogP contribution in [0.2, 0.25) is 0 Å². The monoisotopic (exact) mass is 518 g/mol. The van der Waals surface area contributed by atoms with Gasteiger partial charge in [0.1, 0.15) is 11.5 Å². The lowest BCUT2D eigenvalue weighted by Crippen LogP contribution is -2.47. The van der Waals surface area contributed by atoms with Crippen LogP contribution in [0, 0.1) is 0 Å². The van der Waals surface area contributed by atoms with Crippen molar-refractivity contribution in [2.24, 2.45) is 0 Å². The predicted molar refractivity (Wildman–Crippen MR) is 149 cm³/mol. The molecule has 1 aliphatic heterocycles. The maximum atomic E-state index is 13.2. The number of hydrogen-bond donors (Lipinski definition) is 2. The first kappa shape index (κ1) is 26.8. The fourth-order valence-electron chi connectivity index (χ4n) is 4.48. The van der Waals surface area contributed by atoms with Crippen molar-refractivity contribution in [1.82, 2.24) is 5.32 Å². The van der Waals surface area contributed by atoms with Crippen LogP contribution in [0.25, 0.3) is 0 Å². The van der Waals surface area contributed by atoms with Gasteiger partial charge in [-0.15, -0.1) is 0 Å². The lowest BCUT2D eigenvalue weighted by atomic mass is 10.1. The quantitative estimate of drug-likeness (QED) is 0.396. The van der Waals surface area contributed by atoms with Crippen LogP contribution in [0.15, 0.2) is 66.7 Å². The number of amides is 2. The van der Waals surface area contributed by atoms with E-state index in [-0.39, 0.29) is 11.8 Å². The summed E-state index contributed by atoms with van der Waals surface area (Å²) in [6, 6.07) is 20.4. The van der Waals surface area contributed by atoms with Crippen molar-refractivity contribution < 1.29 is 23.8 Å². The number of hydrogen-bond acceptors (Lipinski definition) is 7. The summed E-state index contributed by atoms with van der Waals surface area (Å²) in [5.41, 5.74) is 3.37. The molecule has 9 heteroatoms. The molecule has 1 aliphatic rings. The fraction of sp³-hybridized carbons (Fsp3) is 0.310. The summed E-state index contributed by atoms with van der Waals surface area (Å²) in [5, 5.41) is 5.81. The molecule has 0 radical (unpaired) electrons. The summed E-state index contributed by atoms with van der Waals surface area (Å²) in [4.78, 5) is 30.6. The van der Waals surface area contributed by atoms with Gasteiger partial charge in [-0.1, -0.05) is 18.2 Å². The van der Waals surface area contributed by atoms with Crippen LogP contribution in [-0.2, 0) is 4.74 Å². The lowest BCUT2D eigenvalue weighted by molar-refractivity contribution is 0.0936. The first-order valence-corrected chi connectivity index (χ1v) is 12.5. The van der Waals surface area contributed by atoms with E-state index in [0.717, 1.165) is 43.3 Å². The van der Waals surface area contributed by atoms with E-state index < -0.39 is 0 Å². The molecule has 0 aromatic heterocycles. The van der Waals surface area contributed by atoms with Gasteiger partial charge in [0.15, 0.2) is 0 Å². The smallest absolute Gasteiger partial charge is 0.255 e. The molecule has 0 unspecified atom stereocenters. The number of rotatable bonds is 10. The summed E-state index contributed by atoms with van der Waals surface area (Å²) in [6.45, 7) is 3.80. The third kappa shape index (κ3) is 6.36. The molecule has 0 saturated carbocycles. The van der Waals surface area contributed by atoms with Gasteiger partial charge in [0.05, 0.1) is 32.1 Å². The standard InChI is InChI=1S/C29H34N4O5/c1-36-18-13-30-29(35)24-20-22(31-28(34)21-7-6-8-23(19-21)37-2)11-12-25(24)32-14-16-33(17-15-32)26-9-4-5-10-27(26)38-3/h4-12,19-20H,13-18H2,1-3H3,(H,30,35)(H,31,34). The molecule has 1 heterocycles. The molecule has 3 aromatic carbocycles. The third-order valence-corrected chi connectivity index (χ3v) is 6.47. The zero-order valence-corrected chi connectivity index (χ0v) is 22.0. The molecule has 1 fully saturated rings. The Kier molecular flexibility index (Phi) is 9.05. The summed E-state index contributed by atoms with van der Waals surface area (Å²) in [5.74, 6) is 0.934. The molecule has 0 aliphatic carbocycles. The maximum Gasteiger partial charge on any atom is 0.255 e. The Labute approximate surface area is 223 Å². The molecule has 2 N–H and O–H groups in total. The number of anilines is 3. The van der Waals surface area contributed by atoms with Gasteiger partial charge >= 0.3 is 0 Å². The number of para-hydroxylation sites is 2. The number of carbonyl (C=O) groups is 2. The molecule has 0 bridgehead atoms. The van der Waals surface area contributed by atoms with Gasteiger partial charge in [-0.25, -0.2) is 0 Å². The highest BCUT2D eigenvalue weighted by molar-refractivity contribution is 6.06. The van der Waals surface area contributed by atoms with Crippen LogP contribution < -0.4 is 29.9 Å². The summed E-state index contributed by atoms with van der Waals surface area (Å²) < 4.78 is 15.8. The molecular weight excluding hydrogens is 484 g/mol. The Morgan fingerprint density at radius 2 is 1.53 bits per heavy atom. The number of benzene rings is 3. The highest BCUT2D eigenvalue weighted by Crippen LogP contribution is 2.31. The van der Waals surface area contributed by atoms with Crippen LogP contribution in [0.3, 0.4) is 0 Å². The van der Waals surface area contributed by atoms with Crippen LogP contribution >= 0.6 is 0 Å². The normalized spacial score (nSPS) is 13.1. The molecule has 0 atom stereocenters. The zero-order chi connectivity index (χ0) is 26.9. The van der Waals surface area contributed by atoms with E-state index in [0.29, 0.717) is 35.7 Å². The number of ether oxygens (including phenoxy) is 3. The number of nitrogens with zero attached hydrogens (tertiary/aromatic N) is 2. The van der Waals surface area contributed by atoms with Crippen LogP contribution in [0.5, 0.6) is 11.5 Å². The molecule has 2 amide bonds. The minimum Gasteiger partial charge on any atom is -0.497 e. The topological polar surface area (TPSA) is 92.4 Å². The Bertz CT molecular complexity index is 1260. The minimum absolute atomic E-state index is 0.221. The Morgan fingerprint density at radius 3 is 2.24 bits per heavy atom. The average Bonchev–Trinajstić information content (AvgIpc) is 2.97. The van der Waals surface area contributed by atoms with Gasteiger partial charge in [-0.05, 0) is 48.5 Å². The van der Waals surface area contributed by atoms with Gasteiger partial charge in [-0.2, -0.15) is 0 Å². The van der Waals surface area contributed by atoms with E-state index in [1.165, 1.54) is 0 Å². The number of carbonyl (C=O) groups excluding carboxylic acids is 2. The molecule has 1 saturated heterocycles. The Morgan fingerprint density at radius 1 is 0.789 bits per heavy atom. The van der Waals surface area contributed by atoms with E-state index in [4.69, 9.17) is 14.2 Å². The molecular formula is C29H34N4O5. The second-order valence-electron chi connectivity index (χ2n) is 8.81. The summed E-state index contributed by atoms with van der Waals surface area (Å²) in [7, 11) is 4.83. The molecule has 3 aromatic rings. The van der Waals surface area contributed by atoms with Crippen molar-refractivity contribution in [3.8, 4) is 11.5 Å². The summed E-state index contributed by atoms with van der Waals surface area (Å²) in [6.07, 6.45) is 0. The number of nitrogens with one attached hydrogen (secondary N) is 2. The Balaban J connectivity index is 1.53. The second-order valence-corrected chi connectivity index (χ2v) is 8.81. The minimum atomic E-state index is -0.284. The van der Waals surface area contributed by atoms with Gasteiger partial charge in [0.25, 0.3) is 11.8 Å². The molecule has 9 nitrogen and oxygen atoms in total. The highest BCUT2D eigenvalue weighted by Gasteiger charge is 2.24. The van der Waals surface area contributed by atoms with Crippen molar-refractivity contribution in [2.45, 2.75) is 0 Å². The van der Waals surface area contributed by atoms with E-state index in [1.807, 2.05) is 30.3 Å². The van der Waals surface area contributed by atoms with Crippen LogP contribution in [0.1, 0.15) is 20.7 Å². The highest BCUT2D eigenvalue weighted by atomic mass is 16.5. The first-order chi connectivity index (χ1) is 18.5. The fourth-order valence-corrected chi connectivity index (χ4v) is 4.48. The molecule has 200 valence electrons. The predicted octanol–water partition coefficient (Wildman–Crippen LogP) is 3.66. The van der Waals surface area contributed by atoms with Gasteiger partial charge in [-0.3, -0.25) is 9.59 Å². The first-order valence-electron chi connectivity index (χ1n) is 12.5. The van der Waals surface area contributed by atoms with Crippen LogP contribution in [0.4, 0.5) is 17.1 Å². The van der Waals surface area contributed by atoms with Gasteiger partial charge in [0.2, 0.25) is 0 Å². The van der Waals surface area contributed by atoms with Crippen molar-refractivity contribution in [3.05, 3.63) is 77.9 Å². The lowest BCUT2D eigenvalue weighted by Gasteiger charge is -2.38. The third-order valence-electron chi connectivity index (χ3n) is 6.47. The number of methoxy groups -OCH3 is 3. The SMILES string of the molecule is COCCNC(=O)c1cc(NC(=O)c2cccc(OC)c2)ccc1N1CCN(c2ccccc2OC)CC1. The maximum absolute atomic E-state index is 13.2. The van der Waals surface area contributed by atoms with Crippen molar-refractivity contribution in [2.75, 3.05) is 75.8 Å². The average molecular weight is 519 g/mol. The van der Waals surface area contributed by atoms with Gasteiger partial charge in [0, 0.05) is 56.8 Å². The molecule has 0 spiro atoms. The van der Waals surface area contributed by atoms with Crippen molar-refractivity contribution in [1.29, 1.82) is 0 Å². The van der Waals surface area contributed by atoms with Crippen molar-refractivity contribution in [3.63, 3.8) is 0 Å². The van der Waals surface area contributed by atoms with E-state index >= 15 is 0 Å². The second kappa shape index (κ2) is 12.8. The van der Waals surface area contributed by atoms with Gasteiger partial charge < -0.3 is 34.6 Å². The molecule has 38 heavy (non-hydrogen) atoms. The molecule has 4 rings (SSSR count). The largest absolute Gasteiger partial charge is 0.497 e. The van der Waals surface area contributed by atoms with E-state index in [9.17, 15) is 9.59 Å². The van der Waals surface area contributed by atoms with E-state index in [1.54, 1.807) is 51.7 Å².